The van der Waals surface area contributed by atoms with Crippen molar-refractivity contribution >= 4 is 11.8 Å². The molecular formula is C30H37N5O2. The zero-order valence-corrected chi connectivity index (χ0v) is 22.2. The summed E-state index contributed by atoms with van der Waals surface area (Å²) in [5, 5.41) is 4.86. The maximum absolute atomic E-state index is 13.8. The van der Waals surface area contributed by atoms with Crippen LogP contribution in [0.5, 0.6) is 0 Å². The third-order valence-electron chi connectivity index (χ3n) is 7.73. The SMILES string of the molecule is Cc1ccc(Cn2cc(C(=O)N3CCC(C(=O)N4CCN(C)CC4)CC3)c(-c3ccc(C)cc3)n2)cc1. The Morgan fingerprint density at radius 2 is 1.41 bits per heavy atom. The Bertz CT molecular complexity index is 1230. The molecule has 2 amide bonds. The average Bonchev–Trinajstić information content (AvgIpc) is 3.34. The molecular weight excluding hydrogens is 462 g/mol. The predicted octanol–water partition coefficient (Wildman–Crippen LogP) is 3.84. The van der Waals surface area contributed by atoms with Crippen LogP contribution >= 0.6 is 0 Å². The molecule has 0 aliphatic carbocycles. The lowest BCUT2D eigenvalue weighted by molar-refractivity contribution is -0.138. The highest BCUT2D eigenvalue weighted by Gasteiger charge is 2.32. The molecule has 3 heterocycles. The Hall–Kier alpha value is -3.45. The van der Waals surface area contributed by atoms with E-state index in [0.717, 1.165) is 37.3 Å². The van der Waals surface area contributed by atoms with E-state index in [9.17, 15) is 9.59 Å². The van der Waals surface area contributed by atoms with Gasteiger partial charge < -0.3 is 14.7 Å². The molecule has 0 bridgehead atoms. The third-order valence-corrected chi connectivity index (χ3v) is 7.73. The molecule has 0 N–H and O–H groups in total. The van der Waals surface area contributed by atoms with Crippen molar-refractivity contribution in [1.82, 2.24) is 24.5 Å². The van der Waals surface area contributed by atoms with Crippen LogP contribution in [0.2, 0.25) is 0 Å². The summed E-state index contributed by atoms with van der Waals surface area (Å²) in [6.45, 7) is 9.39. The fraction of sp³-hybridized carbons (Fsp3) is 0.433. The minimum Gasteiger partial charge on any atom is -0.340 e. The number of likely N-dealkylation sites (N-methyl/N-ethyl adjacent to an activating group) is 1. The summed E-state index contributed by atoms with van der Waals surface area (Å²) >= 11 is 0. The average molecular weight is 500 g/mol. The highest BCUT2D eigenvalue weighted by molar-refractivity contribution is 6.00. The van der Waals surface area contributed by atoms with Crippen LogP contribution < -0.4 is 0 Å². The first-order valence-corrected chi connectivity index (χ1v) is 13.3. The molecule has 37 heavy (non-hydrogen) atoms. The molecule has 0 radical (unpaired) electrons. The summed E-state index contributed by atoms with van der Waals surface area (Å²) in [4.78, 5) is 33.0. The minimum absolute atomic E-state index is 0.00349. The topological polar surface area (TPSA) is 61.7 Å². The van der Waals surface area contributed by atoms with Crippen molar-refractivity contribution < 1.29 is 9.59 Å². The normalized spacial score (nSPS) is 17.3. The third kappa shape index (κ3) is 5.77. The maximum Gasteiger partial charge on any atom is 0.257 e. The van der Waals surface area contributed by atoms with Gasteiger partial charge in [0.1, 0.15) is 5.69 Å². The Balaban J connectivity index is 1.32. The Morgan fingerprint density at radius 3 is 2.03 bits per heavy atom. The maximum atomic E-state index is 13.8. The largest absolute Gasteiger partial charge is 0.340 e. The van der Waals surface area contributed by atoms with Gasteiger partial charge in [-0.05, 0) is 39.3 Å². The molecule has 1 aromatic heterocycles. The predicted molar refractivity (Wildman–Crippen MR) is 145 cm³/mol. The second kappa shape index (κ2) is 10.9. The van der Waals surface area contributed by atoms with Gasteiger partial charge >= 0.3 is 0 Å². The van der Waals surface area contributed by atoms with Crippen molar-refractivity contribution in [3.63, 3.8) is 0 Å². The number of hydrogen-bond acceptors (Lipinski definition) is 4. The van der Waals surface area contributed by atoms with Crippen molar-refractivity contribution in [3.05, 3.63) is 77.0 Å². The molecule has 2 fully saturated rings. The summed E-state index contributed by atoms with van der Waals surface area (Å²) in [6, 6.07) is 16.6. The van der Waals surface area contributed by atoms with Gasteiger partial charge in [-0.3, -0.25) is 14.3 Å². The highest BCUT2D eigenvalue weighted by atomic mass is 16.2. The number of nitrogens with zero attached hydrogens (tertiary/aromatic N) is 5. The molecule has 0 saturated carbocycles. The Labute approximate surface area is 219 Å². The number of amides is 2. The van der Waals surface area contributed by atoms with Gasteiger partial charge in [0.15, 0.2) is 0 Å². The van der Waals surface area contributed by atoms with E-state index in [0.29, 0.717) is 43.7 Å². The van der Waals surface area contributed by atoms with Gasteiger partial charge in [0, 0.05) is 56.9 Å². The van der Waals surface area contributed by atoms with Crippen LogP contribution in [0.1, 0.15) is 39.9 Å². The molecule has 7 heteroatoms. The van der Waals surface area contributed by atoms with E-state index in [4.69, 9.17) is 5.10 Å². The van der Waals surface area contributed by atoms with Gasteiger partial charge in [-0.1, -0.05) is 59.7 Å². The number of likely N-dealkylation sites (tertiary alicyclic amines) is 1. The molecule has 2 aromatic carbocycles. The van der Waals surface area contributed by atoms with E-state index in [2.05, 4.69) is 62.2 Å². The molecule has 2 aliphatic heterocycles. The summed E-state index contributed by atoms with van der Waals surface area (Å²) in [5.74, 6) is 0.260. The molecule has 5 rings (SSSR count). The van der Waals surface area contributed by atoms with Crippen molar-refractivity contribution in [3.8, 4) is 11.3 Å². The molecule has 3 aromatic rings. The van der Waals surface area contributed by atoms with Gasteiger partial charge in [0.25, 0.3) is 5.91 Å². The van der Waals surface area contributed by atoms with Gasteiger partial charge in [0.05, 0.1) is 12.1 Å². The second-order valence-electron chi connectivity index (χ2n) is 10.6. The van der Waals surface area contributed by atoms with Crippen molar-refractivity contribution in [2.45, 2.75) is 33.2 Å². The molecule has 0 spiro atoms. The zero-order chi connectivity index (χ0) is 25.9. The molecule has 0 unspecified atom stereocenters. The van der Waals surface area contributed by atoms with Crippen molar-refractivity contribution in [2.75, 3.05) is 46.3 Å². The van der Waals surface area contributed by atoms with E-state index in [1.165, 1.54) is 11.1 Å². The van der Waals surface area contributed by atoms with E-state index >= 15 is 0 Å². The van der Waals surface area contributed by atoms with Gasteiger partial charge in [-0.2, -0.15) is 5.10 Å². The van der Waals surface area contributed by atoms with Crippen molar-refractivity contribution in [1.29, 1.82) is 0 Å². The molecule has 7 nitrogen and oxygen atoms in total. The molecule has 194 valence electrons. The summed E-state index contributed by atoms with van der Waals surface area (Å²) < 4.78 is 1.87. The van der Waals surface area contributed by atoms with Crippen LogP contribution in [-0.4, -0.2) is 82.6 Å². The van der Waals surface area contributed by atoms with Crippen LogP contribution in [-0.2, 0) is 11.3 Å². The number of hydrogen-bond donors (Lipinski definition) is 0. The lowest BCUT2D eigenvalue weighted by atomic mass is 9.94. The van der Waals surface area contributed by atoms with E-state index in [1.54, 1.807) is 0 Å². The number of aromatic nitrogens is 2. The summed E-state index contributed by atoms with van der Waals surface area (Å²) in [7, 11) is 2.10. The van der Waals surface area contributed by atoms with E-state index in [-0.39, 0.29) is 17.7 Å². The minimum atomic E-state index is -0.00349. The first kappa shape index (κ1) is 25.2. The van der Waals surface area contributed by atoms with Crippen LogP contribution in [0.4, 0.5) is 0 Å². The van der Waals surface area contributed by atoms with E-state index in [1.807, 2.05) is 32.8 Å². The van der Waals surface area contributed by atoms with Crippen LogP contribution in [0.15, 0.2) is 54.7 Å². The number of piperidine rings is 1. The number of carbonyl (C=O) groups excluding carboxylic acids is 2. The Kier molecular flexibility index (Phi) is 7.42. The van der Waals surface area contributed by atoms with E-state index < -0.39 is 0 Å². The van der Waals surface area contributed by atoms with Crippen molar-refractivity contribution in [2.24, 2.45) is 5.92 Å². The lowest BCUT2D eigenvalue weighted by Crippen LogP contribution is -2.51. The number of piperazine rings is 1. The van der Waals surface area contributed by atoms with Crippen LogP contribution in [0.3, 0.4) is 0 Å². The lowest BCUT2D eigenvalue weighted by Gasteiger charge is -2.37. The second-order valence-corrected chi connectivity index (χ2v) is 10.6. The standard InChI is InChI=1S/C30H37N5O2/c1-22-4-8-24(9-5-22)20-35-21-27(28(31-35)25-10-6-23(2)7-11-25)30(37)33-14-12-26(13-15-33)29(36)34-18-16-32(3)17-19-34/h4-11,21,26H,12-20H2,1-3H3. The number of aryl methyl sites for hydroxylation is 2. The van der Waals surface area contributed by atoms with Crippen LogP contribution in [0.25, 0.3) is 11.3 Å². The Morgan fingerprint density at radius 1 is 0.811 bits per heavy atom. The number of benzene rings is 2. The van der Waals surface area contributed by atoms with Crippen LogP contribution in [0, 0.1) is 19.8 Å². The summed E-state index contributed by atoms with van der Waals surface area (Å²) in [6.07, 6.45) is 3.32. The van der Waals surface area contributed by atoms with Gasteiger partial charge in [-0.15, -0.1) is 0 Å². The molecule has 2 saturated heterocycles. The van der Waals surface area contributed by atoms with Gasteiger partial charge in [0.2, 0.25) is 5.91 Å². The summed E-state index contributed by atoms with van der Waals surface area (Å²) in [5.41, 5.74) is 5.81. The molecule has 2 aliphatic rings. The number of rotatable bonds is 5. The molecule has 0 atom stereocenters. The first-order chi connectivity index (χ1) is 17.9. The highest BCUT2D eigenvalue weighted by Crippen LogP contribution is 2.27. The fourth-order valence-corrected chi connectivity index (χ4v) is 5.25. The monoisotopic (exact) mass is 499 g/mol. The smallest absolute Gasteiger partial charge is 0.257 e. The fourth-order valence-electron chi connectivity index (χ4n) is 5.25. The number of carbonyl (C=O) groups is 2. The quantitative estimate of drug-likeness (QED) is 0.535. The first-order valence-electron chi connectivity index (χ1n) is 13.3. The van der Waals surface area contributed by atoms with Gasteiger partial charge in [-0.25, -0.2) is 0 Å². The zero-order valence-electron chi connectivity index (χ0n) is 22.2.